The normalized spacial score (nSPS) is 10.4. The molecule has 35 heavy (non-hydrogen) atoms. The number of nitrogens with zero attached hydrogens (tertiary/aromatic N) is 4. The van der Waals surface area contributed by atoms with Crippen molar-refractivity contribution >= 4 is 40.5 Å². The summed E-state index contributed by atoms with van der Waals surface area (Å²) < 4.78 is 5.42. The van der Waals surface area contributed by atoms with Gasteiger partial charge in [0, 0.05) is 34.3 Å². The van der Waals surface area contributed by atoms with Crippen molar-refractivity contribution in [3.05, 3.63) is 82.7 Å². The van der Waals surface area contributed by atoms with E-state index in [1.807, 2.05) is 41.8 Å². The lowest BCUT2D eigenvalue weighted by atomic mass is 9.96. The summed E-state index contributed by atoms with van der Waals surface area (Å²) in [6, 6.07) is 19.3. The number of ether oxygens (including phenoxy) is 1. The first-order valence-corrected chi connectivity index (χ1v) is 12.7. The zero-order valence-electron chi connectivity index (χ0n) is 18.7. The molecular weight excluding hydrogens is 498 g/mol. The molecule has 0 unspecified atom stereocenters. The molecule has 0 aliphatic rings. The van der Waals surface area contributed by atoms with E-state index in [-0.39, 0.29) is 0 Å². The smallest absolute Gasteiger partial charge is 0.145 e. The Morgan fingerprint density at radius 2 is 1.71 bits per heavy atom. The second-order valence-electron chi connectivity index (χ2n) is 7.18. The van der Waals surface area contributed by atoms with Gasteiger partial charge in [-0.25, -0.2) is 9.97 Å². The lowest BCUT2D eigenvalue weighted by molar-refractivity contribution is 0.361. The number of thiazole rings is 1. The van der Waals surface area contributed by atoms with Crippen LogP contribution in [0.2, 0.25) is 5.02 Å². The van der Waals surface area contributed by atoms with E-state index in [2.05, 4.69) is 29.4 Å². The number of hydrogen-bond donors (Lipinski definition) is 1. The van der Waals surface area contributed by atoms with Crippen molar-refractivity contribution in [1.82, 2.24) is 9.97 Å². The molecular formula is C26H19ClN5OS2. The monoisotopic (exact) mass is 516 g/mol. The van der Waals surface area contributed by atoms with Crippen LogP contribution in [0.5, 0.6) is 5.75 Å². The average Bonchev–Trinajstić information content (AvgIpc) is 3.36. The van der Waals surface area contributed by atoms with Crippen molar-refractivity contribution in [1.29, 1.82) is 10.5 Å². The first-order chi connectivity index (χ1) is 17.1. The van der Waals surface area contributed by atoms with Crippen LogP contribution in [-0.4, -0.2) is 23.6 Å². The molecule has 0 aliphatic carbocycles. The molecule has 0 saturated carbocycles. The van der Waals surface area contributed by atoms with E-state index in [9.17, 15) is 10.5 Å². The van der Waals surface area contributed by atoms with Gasteiger partial charge in [0.2, 0.25) is 0 Å². The molecule has 2 heterocycles. The maximum atomic E-state index is 10.1. The number of benzene rings is 2. The molecule has 0 atom stereocenters. The van der Waals surface area contributed by atoms with Crippen molar-refractivity contribution < 1.29 is 4.74 Å². The Bertz CT molecular complexity index is 1420. The largest absolute Gasteiger partial charge is 0.494 e. The minimum Gasteiger partial charge on any atom is -0.494 e. The minimum atomic E-state index is 0.308. The average molecular weight is 517 g/mol. The minimum absolute atomic E-state index is 0.308. The van der Waals surface area contributed by atoms with Gasteiger partial charge >= 0.3 is 0 Å². The summed E-state index contributed by atoms with van der Waals surface area (Å²) in [7, 11) is 1.71. The fourth-order valence-corrected chi connectivity index (χ4v) is 5.36. The summed E-state index contributed by atoms with van der Waals surface area (Å²) in [5.74, 6) is 1.61. The van der Waals surface area contributed by atoms with Crippen molar-refractivity contribution in [3.8, 4) is 39.6 Å². The quantitative estimate of drug-likeness (QED) is 0.257. The van der Waals surface area contributed by atoms with E-state index in [0.29, 0.717) is 50.7 Å². The van der Waals surface area contributed by atoms with Crippen LogP contribution in [0.4, 0.5) is 5.82 Å². The third-order valence-corrected chi connectivity index (χ3v) is 7.24. The van der Waals surface area contributed by atoms with Gasteiger partial charge < -0.3 is 10.1 Å². The number of hydrogen-bond acceptors (Lipinski definition) is 8. The molecule has 0 spiro atoms. The highest BCUT2D eigenvalue weighted by Crippen LogP contribution is 2.38. The molecule has 0 amide bonds. The van der Waals surface area contributed by atoms with Crippen LogP contribution in [0.3, 0.4) is 0 Å². The number of nitrogens with one attached hydrogen (secondary N) is 1. The molecule has 4 aromatic rings. The Morgan fingerprint density at radius 1 is 1.03 bits per heavy atom. The molecule has 1 radical (unpaired) electrons. The van der Waals surface area contributed by atoms with E-state index in [4.69, 9.17) is 21.3 Å². The molecule has 0 saturated heterocycles. The van der Waals surface area contributed by atoms with E-state index < -0.39 is 0 Å². The van der Waals surface area contributed by atoms with Gasteiger partial charge in [0.15, 0.2) is 0 Å². The summed E-state index contributed by atoms with van der Waals surface area (Å²) in [5.41, 5.74) is 3.81. The zero-order chi connectivity index (χ0) is 24.8. The number of aromatic nitrogens is 2. The molecule has 9 heteroatoms. The zero-order valence-corrected chi connectivity index (χ0v) is 21.1. The van der Waals surface area contributed by atoms with E-state index in [1.165, 1.54) is 11.8 Å². The van der Waals surface area contributed by atoms with Gasteiger partial charge in [-0.1, -0.05) is 47.6 Å². The van der Waals surface area contributed by atoms with Crippen molar-refractivity contribution in [2.24, 2.45) is 0 Å². The molecule has 173 valence electrons. The van der Waals surface area contributed by atoms with E-state index >= 15 is 0 Å². The lowest BCUT2D eigenvalue weighted by Gasteiger charge is -2.15. The molecule has 1 N–H and O–H groups in total. The van der Waals surface area contributed by atoms with Crippen LogP contribution in [0.15, 0.2) is 58.9 Å². The van der Waals surface area contributed by atoms with Crippen LogP contribution in [-0.2, 0) is 5.75 Å². The van der Waals surface area contributed by atoms with Crippen LogP contribution in [0.25, 0.3) is 21.7 Å². The number of anilines is 1. The van der Waals surface area contributed by atoms with Crippen molar-refractivity contribution in [3.63, 3.8) is 0 Å². The predicted octanol–water partition coefficient (Wildman–Crippen LogP) is 6.82. The van der Waals surface area contributed by atoms with Gasteiger partial charge in [-0.2, -0.15) is 10.5 Å². The van der Waals surface area contributed by atoms with Crippen LogP contribution in [0.1, 0.15) is 16.8 Å². The Balaban J connectivity index is 1.68. The highest BCUT2D eigenvalue weighted by Gasteiger charge is 2.21. The van der Waals surface area contributed by atoms with Crippen LogP contribution < -0.4 is 10.1 Å². The second kappa shape index (κ2) is 11.2. The van der Waals surface area contributed by atoms with Crippen LogP contribution in [0, 0.1) is 29.6 Å². The molecule has 2 aromatic carbocycles. The number of thioether (sulfide) groups is 1. The van der Waals surface area contributed by atoms with Gasteiger partial charge in [0.1, 0.15) is 39.3 Å². The fraction of sp³-hybridized carbons (Fsp3) is 0.115. The first-order valence-electron chi connectivity index (χ1n) is 10.5. The highest BCUT2D eigenvalue weighted by molar-refractivity contribution is 7.98. The molecule has 2 aromatic heterocycles. The third-order valence-electron chi connectivity index (χ3n) is 5.04. The molecule has 4 rings (SSSR count). The Kier molecular flexibility index (Phi) is 7.89. The summed E-state index contributed by atoms with van der Waals surface area (Å²) in [4.78, 5) is 9.31. The summed E-state index contributed by atoms with van der Waals surface area (Å²) in [5, 5.41) is 27.0. The third kappa shape index (κ3) is 5.41. The molecule has 6 nitrogen and oxygen atoms in total. The van der Waals surface area contributed by atoms with Gasteiger partial charge in [-0.15, -0.1) is 11.3 Å². The Morgan fingerprint density at radius 3 is 2.34 bits per heavy atom. The van der Waals surface area contributed by atoms with E-state index in [0.717, 1.165) is 21.8 Å². The standard InChI is InChI=1S/C26H19ClN5OS2/c1-3-33-20-10-6-16(7-11-20)23-21(12-28)24(30-2)32-26(22(23)13-29)35-15-19-14-34-25(31-19)17-4-8-18(27)9-5-17/h4-11,14H,1,3,15H2,2H3,(H,30,32). The highest BCUT2D eigenvalue weighted by atomic mass is 35.5. The number of halogens is 1. The maximum absolute atomic E-state index is 10.1. The summed E-state index contributed by atoms with van der Waals surface area (Å²) >= 11 is 8.95. The Hall–Kier alpha value is -3.56. The molecule has 0 bridgehead atoms. The Labute approximate surface area is 217 Å². The fourth-order valence-electron chi connectivity index (χ4n) is 3.43. The van der Waals surface area contributed by atoms with E-state index in [1.54, 1.807) is 30.5 Å². The van der Waals surface area contributed by atoms with Crippen LogP contribution >= 0.6 is 34.7 Å². The number of nitriles is 2. The van der Waals surface area contributed by atoms with Gasteiger partial charge in [-0.05, 0) is 36.8 Å². The van der Waals surface area contributed by atoms with Crippen molar-refractivity contribution in [2.75, 3.05) is 19.0 Å². The SMILES string of the molecule is [CH2]COc1ccc(-c2c(C#N)c(NC)nc(SCc3csc(-c4ccc(Cl)cc4)n3)c2C#N)cc1. The maximum Gasteiger partial charge on any atom is 0.145 e. The number of rotatable bonds is 8. The van der Waals surface area contributed by atoms with Gasteiger partial charge in [0.25, 0.3) is 0 Å². The lowest BCUT2D eigenvalue weighted by Crippen LogP contribution is -2.04. The number of pyridine rings is 1. The second-order valence-corrected chi connectivity index (χ2v) is 9.44. The first kappa shape index (κ1) is 24.6. The predicted molar refractivity (Wildman–Crippen MR) is 142 cm³/mol. The van der Waals surface area contributed by atoms with Gasteiger partial charge in [-0.3, -0.25) is 0 Å². The van der Waals surface area contributed by atoms with Gasteiger partial charge in [0.05, 0.1) is 17.9 Å². The molecule has 0 fully saturated rings. The van der Waals surface area contributed by atoms with Crippen molar-refractivity contribution in [2.45, 2.75) is 10.8 Å². The summed E-state index contributed by atoms with van der Waals surface area (Å²) in [6.45, 7) is 3.99. The summed E-state index contributed by atoms with van der Waals surface area (Å²) in [6.07, 6.45) is 0. The molecule has 0 aliphatic heterocycles. The topological polar surface area (TPSA) is 94.6 Å².